The number of aliphatic hydroxyl groups is 1. The van der Waals surface area contributed by atoms with Crippen LogP contribution in [0.15, 0.2) is 84.9 Å². The zero-order valence-corrected chi connectivity index (χ0v) is 16.7. The minimum Gasteiger partial charge on any atom is -0.632 e. The van der Waals surface area contributed by atoms with Gasteiger partial charge >= 0.3 is 0 Å². The third kappa shape index (κ3) is 3.55. The van der Waals surface area contributed by atoms with Crippen molar-refractivity contribution in [3.8, 4) is 5.75 Å². The molecule has 4 rings (SSSR count). The van der Waals surface area contributed by atoms with E-state index in [4.69, 9.17) is 4.74 Å². The molecule has 0 amide bonds. The Labute approximate surface area is 172 Å². The van der Waals surface area contributed by atoms with Gasteiger partial charge in [-0.05, 0) is 23.3 Å². The van der Waals surface area contributed by atoms with Crippen molar-refractivity contribution in [2.24, 2.45) is 0 Å². The van der Waals surface area contributed by atoms with Gasteiger partial charge in [-0.25, -0.2) is 0 Å². The molecule has 3 aromatic carbocycles. The van der Waals surface area contributed by atoms with Crippen LogP contribution in [0.4, 0.5) is 0 Å². The van der Waals surface area contributed by atoms with Crippen molar-refractivity contribution >= 4 is 0 Å². The number of benzene rings is 3. The first-order chi connectivity index (χ1) is 14.1. The third-order valence-corrected chi connectivity index (χ3v) is 6.12. The summed E-state index contributed by atoms with van der Waals surface area (Å²) in [6, 6.07) is 26.3. The van der Waals surface area contributed by atoms with Crippen LogP contribution in [0.25, 0.3) is 0 Å². The van der Waals surface area contributed by atoms with Crippen molar-refractivity contribution in [2.75, 3.05) is 13.7 Å². The Morgan fingerprint density at radius 2 is 1.48 bits per heavy atom. The highest BCUT2D eigenvalue weighted by atomic mass is 16.6. The number of hydroxylamine groups is 3. The van der Waals surface area contributed by atoms with Crippen molar-refractivity contribution in [3.63, 3.8) is 0 Å². The van der Waals surface area contributed by atoms with Gasteiger partial charge in [0.05, 0.1) is 13.7 Å². The van der Waals surface area contributed by atoms with E-state index in [-0.39, 0.29) is 6.54 Å². The molecule has 3 aromatic rings. The Balaban J connectivity index is 1.80. The third-order valence-electron chi connectivity index (χ3n) is 6.12. The largest absolute Gasteiger partial charge is 0.632 e. The zero-order valence-electron chi connectivity index (χ0n) is 16.7. The fourth-order valence-electron chi connectivity index (χ4n) is 4.74. The smallest absolute Gasteiger partial charge is 0.167 e. The summed E-state index contributed by atoms with van der Waals surface area (Å²) in [6.07, 6.45) is 1.45. The van der Waals surface area contributed by atoms with E-state index in [0.29, 0.717) is 13.0 Å². The molecular formula is C25H27NO3. The highest BCUT2D eigenvalue weighted by molar-refractivity contribution is 5.38. The van der Waals surface area contributed by atoms with Crippen molar-refractivity contribution in [1.82, 2.24) is 0 Å². The summed E-state index contributed by atoms with van der Waals surface area (Å²) in [7, 11) is 1.62. The number of likely N-dealkylation sites (tertiary alicyclic amines) is 1. The van der Waals surface area contributed by atoms with Crippen LogP contribution in [0.3, 0.4) is 0 Å². The average Bonchev–Trinajstić information content (AvgIpc) is 3.16. The molecular weight excluding hydrogens is 362 g/mol. The van der Waals surface area contributed by atoms with Crippen LogP contribution in [0.1, 0.15) is 29.5 Å². The lowest BCUT2D eigenvalue weighted by Gasteiger charge is -2.50. The van der Waals surface area contributed by atoms with Crippen LogP contribution >= 0.6 is 0 Å². The van der Waals surface area contributed by atoms with Crippen LogP contribution in [-0.4, -0.2) is 29.4 Å². The Morgan fingerprint density at radius 1 is 0.931 bits per heavy atom. The summed E-state index contributed by atoms with van der Waals surface area (Å²) < 4.78 is 5.01. The maximum Gasteiger partial charge on any atom is 0.167 e. The monoisotopic (exact) mass is 389 g/mol. The Kier molecular flexibility index (Phi) is 5.41. The van der Waals surface area contributed by atoms with Crippen LogP contribution in [0.5, 0.6) is 5.75 Å². The van der Waals surface area contributed by atoms with E-state index in [1.54, 1.807) is 7.11 Å². The molecule has 0 spiro atoms. The van der Waals surface area contributed by atoms with Crippen molar-refractivity contribution in [2.45, 2.75) is 31.0 Å². The number of rotatable bonds is 6. The summed E-state index contributed by atoms with van der Waals surface area (Å²) in [6.45, 7) is 0.751. The first-order valence-electron chi connectivity index (χ1n) is 10.1. The Hall–Kier alpha value is -2.66. The summed E-state index contributed by atoms with van der Waals surface area (Å²) in [5.41, 5.74) is 1.04. The molecule has 4 heteroatoms. The predicted octanol–water partition coefficient (Wildman–Crippen LogP) is 4.61. The fraction of sp³-hybridized carbons (Fsp3) is 0.280. The van der Waals surface area contributed by atoms with Gasteiger partial charge in [0.15, 0.2) is 5.60 Å². The van der Waals surface area contributed by atoms with E-state index < -0.39 is 16.3 Å². The molecule has 0 aliphatic carbocycles. The summed E-state index contributed by atoms with van der Waals surface area (Å²) >= 11 is 0. The standard InChI is InChI=1S/C25H27NO3/c1-29-23-16-9-8-11-20(23)19-26(28)18-10-17-24(26)25(27,21-12-4-2-5-13-21)22-14-6-3-7-15-22/h2-9,11-16,24,27H,10,17-19H2,1H3/t24-,26+/m0/s1. The molecule has 0 aromatic heterocycles. The van der Waals surface area contributed by atoms with E-state index in [1.807, 2.05) is 84.9 Å². The normalized spacial score (nSPS) is 21.8. The maximum absolute atomic E-state index is 14.2. The van der Waals surface area contributed by atoms with E-state index in [0.717, 1.165) is 28.9 Å². The molecule has 1 saturated heterocycles. The van der Waals surface area contributed by atoms with Gasteiger partial charge in [-0.1, -0.05) is 72.8 Å². The van der Waals surface area contributed by atoms with Crippen LogP contribution < -0.4 is 4.74 Å². The molecule has 0 unspecified atom stereocenters. The molecule has 2 atom stereocenters. The summed E-state index contributed by atoms with van der Waals surface area (Å²) in [4.78, 5) is 0. The van der Waals surface area contributed by atoms with Gasteiger partial charge in [0.25, 0.3) is 0 Å². The van der Waals surface area contributed by atoms with Crippen LogP contribution in [-0.2, 0) is 12.1 Å². The molecule has 4 nitrogen and oxygen atoms in total. The van der Waals surface area contributed by atoms with Crippen molar-refractivity contribution in [1.29, 1.82) is 0 Å². The molecule has 1 heterocycles. The average molecular weight is 389 g/mol. The molecule has 150 valence electrons. The highest BCUT2D eigenvalue weighted by Gasteiger charge is 2.51. The van der Waals surface area contributed by atoms with Crippen LogP contribution in [0, 0.1) is 5.21 Å². The second-order valence-electron chi connectivity index (χ2n) is 7.80. The fourth-order valence-corrected chi connectivity index (χ4v) is 4.74. The SMILES string of the molecule is COc1ccccc1C[N@+]1([O-])CCC[C@H]1C(O)(c1ccccc1)c1ccccc1. The van der Waals surface area contributed by atoms with Crippen molar-refractivity contribution < 1.29 is 14.5 Å². The van der Waals surface area contributed by atoms with Gasteiger partial charge in [0.1, 0.15) is 18.3 Å². The molecule has 0 radical (unpaired) electrons. The molecule has 1 aliphatic rings. The van der Waals surface area contributed by atoms with Gasteiger partial charge in [0, 0.05) is 18.4 Å². The maximum atomic E-state index is 14.2. The Morgan fingerprint density at radius 3 is 2.07 bits per heavy atom. The first-order valence-corrected chi connectivity index (χ1v) is 10.1. The Bertz CT molecular complexity index is 905. The van der Waals surface area contributed by atoms with Crippen LogP contribution in [0.2, 0.25) is 0 Å². The van der Waals surface area contributed by atoms with E-state index in [9.17, 15) is 10.3 Å². The number of para-hydroxylation sites is 1. The number of hydrogen-bond acceptors (Lipinski definition) is 3. The minimum absolute atomic E-state index is 0.274. The molecule has 0 bridgehead atoms. The van der Waals surface area contributed by atoms with E-state index >= 15 is 0 Å². The first kappa shape index (κ1) is 19.6. The second-order valence-corrected chi connectivity index (χ2v) is 7.80. The molecule has 0 saturated carbocycles. The highest BCUT2D eigenvalue weighted by Crippen LogP contribution is 2.45. The lowest BCUT2D eigenvalue weighted by atomic mass is 9.78. The van der Waals surface area contributed by atoms with Gasteiger partial charge in [-0.3, -0.25) is 0 Å². The number of methoxy groups -OCH3 is 1. The van der Waals surface area contributed by atoms with Gasteiger partial charge in [-0.2, -0.15) is 0 Å². The summed E-state index contributed by atoms with van der Waals surface area (Å²) in [5, 5.41) is 26.3. The van der Waals surface area contributed by atoms with Crippen molar-refractivity contribution in [3.05, 3.63) is 107 Å². The topological polar surface area (TPSA) is 52.5 Å². The van der Waals surface area contributed by atoms with E-state index in [1.165, 1.54) is 0 Å². The number of nitrogens with zero attached hydrogens (tertiary/aromatic N) is 1. The number of ether oxygens (including phenoxy) is 1. The van der Waals surface area contributed by atoms with Gasteiger partial charge in [-0.15, -0.1) is 0 Å². The second kappa shape index (κ2) is 7.99. The molecule has 1 N–H and O–H groups in total. The molecule has 1 aliphatic heterocycles. The zero-order chi connectivity index (χ0) is 20.3. The molecule has 1 fully saturated rings. The van der Waals surface area contributed by atoms with E-state index in [2.05, 4.69) is 0 Å². The minimum atomic E-state index is -1.36. The van der Waals surface area contributed by atoms with Gasteiger partial charge < -0.3 is 19.7 Å². The molecule has 29 heavy (non-hydrogen) atoms. The summed E-state index contributed by atoms with van der Waals surface area (Å²) in [5.74, 6) is 0.717. The number of quaternary nitrogens is 1. The van der Waals surface area contributed by atoms with Gasteiger partial charge in [0.2, 0.25) is 0 Å². The number of hydrogen-bond donors (Lipinski definition) is 1. The lowest BCUT2D eigenvalue weighted by Crippen LogP contribution is -2.56. The lowest BCUT2D eigenvalue weighted by molar-refractivity contribution is -0.913. The predicted molar refractivity (Wildman–Crippen MR) is 114 cm³/mol. The quantitative estimate of drug-likeness (QED) is 0.495.